The molecule has 4 heteroatoms. The van der Waals surface area contributed by atoms with Crippen LogP contribution in [0.4, 0.5) is 5.69 Å². The van der Waals surface area contributed by atoms with Crippen LogP contribution in [0.15, 0.2) is 35.6 Å². The molecule has 1 aromatic heterocycles. The number of benzene rings is 1. The van der Waals surface area contributed by atoms with Crippen molar-refractivity contribution in [1.29, 1.82) is 0 Å². The minimum atomic E-state index is -0.138. The fourth-order valence-electron chi connectivity index (χ4n) is 1.17. The molecule has 1 heterocycles. The third-order valence-electron chi connectivity index (χ3n) is 1.80. The highest BCUT2D eigenvalue weighted by Crippen LogP contribution is 2.30. The molecule has 0 radical (unpaired) electrons. The van der Waals surface area contributed by atoms with E-state index in [0.717, 1.165) is 5.39 Å². The molecule has 0 atom stereocenters. The first-order chi connectivity index (χ1) is 6.31. The van der Waals surface area contributed by atoms with Crippen LogP contribution in [0.1, 0.15) is 0 Å². The number of nitrogens with zero attached hydrogens (tertiary/aromatic N) is 2. The van der Waals surface area contributed by atoms with Gasteiger partial charge in [-0.3, -0.25) is 4.98 Å². The summed E-state index contributed by atoms with van der Waals surface area (Å²) in [5.74, 6) is -0.138. The van der Waals surface area contributed by atoms with E-state index in [9.17, 15) is 10.0 Å². The second kappa shape index (κ2) is 2.82. The van der Waals surface area contributed by atoms with Gasteiger partial charge in [0.05, 0.1) is 5.52 Å². The van der Waals surface area contributed by atoms with Crippen LogP contribution in [-0.2, 0) is 0 Å². The van der Waals surface area contributed by atoms with E-state index in [2.05, 4.69) is 10.2 Å². The largest absolute Gasteiger partial charge is 0.505 e. The van der Waals surface area contributed by atoms with Gasteiger partial charge in [0.2, 0.25) is 0 Å². The van der Waals surface area contributed by atoms with Crippen molar-refractivity contribution in [1.82, 2.24) is 4.98 Å². The molecular formula is C9H6N2O2. The molecule has 0 fully saturated rings. The van der Waals surface area contributed by atoms with E-state index in [0.29, 0.717) is 5.52 Å². The molecule has 64 valence electrons. The Labute approximate surface area is 73.8 Å². The number of hydrogen-bond acceptors (Lipinski definition) is 4. The van der Waals surface area contributed by atoms with Crippen LogP contribution >= 0.6 is 0 Å². The molecule has 1 N–H and O–H groups in total. The summed E-state index contributed by atoms with van der Waals surface area (Å²) in [5.41, 5.74) is 0.688. The van der Waals surface area contributed by atoms with Crippen LogP contribution in [0.25, 0.3) is 10.9 Å². The van der Waals surface area contributed by atoms with Crippen LogP contribution in [0.3, 0.4) is 0 Å². The van der Waals surface area contributed by atoms with Gasteiger partial charge in [0.15, 0.2) is 0 Å². The highest BCUT2D eigenvalue weighted by molar-refractivity contribution is 5.84. The van der Waals surface area contributed by atoms with Crippen molar-refractivity contribution in [3.63, 3.8) is 0 Å². The van der Waals surface area contributed by atoms with Crippen molar-refractivity contribution in [2.75, 3.05) is 0 Å². The lowest BCUT2D eigenvalue weighted by Crippen LogP contribution is -1.77. The van der Waals surface area contributed by atoms with Crippen LogP contribution < -0.4 is 0 Å². The monoisotopic (exact) mass is 174 g/mol. The molecule has 0 spiro atoms. The zero-order valence-electron chi connectivity index (χ0n) is 6.64. The van der Waals surface area contributed by atoms with E-state index in [4.69, 9.17) is 0 Å². The minimum absolute atomic E-state index is 0.0421. The Bertz CT molecular complexity index is 468. The summed E-state index contributed by atoms with van der Waals surface area (Å²) in [4.78, 5) is 14.3. The maximum absolute atomic E-state index is 10.2. The molecule has 0 amide bonds. The number of hydrogen-bond donors (Lipinski definition) is 1. The molecule has 0 saturated heterocycles. The molecule has 0 unspecified atom stereocenters. The number of phenols is 1. The average Bonchev–Trinajstić information content (AvgIpc) is 2.17. The molecule has 0 aliphatic carbocycles. The lowest BCUT2D eigenvalue weighted by atomic mass is 10.2. The molecule has 2 rings (SSSR count). The molecule has 4 nitrogen and oxygen atoms in total. The summed E-state index contributed by atoms with van der Waals surface area (Å²) < 4.78 is 0. The topological polar surface area (TPSA) is 62.5 Å². The highest BCUT2D eigenvalue weighted by Gasteiger charge is 2.03. The van der Waals surface area contributed by atoms with Gasteiger partial charge >= 0.3 is 0 Å². The molecule has 0 aliphatic heterocycles. The van der Waals surface area contributed by atoms with E-state index in [1.807, 2.05) is 0 Å². The first-order valence-electron chi connectivity index (χ1n) is 3.72. The van der Waals surface area contributed by atoms with Crippen LogP contribution in [0.2, 0.25) is 0 Å². The van der Waals surface area contributed by atoms with Gasteiger partial charge in [0.1, 0.15) is 11.4 Å². The van der Waals surface area contributed by atoms with Crippen molar-refractivity contribution >= 4 is 16.6 Å². The molecule has 2 aromatic rings. The Morgan fingerprint density at radius 1 is 1.38 bits per heavy atom. The van der Waals surface area contributed by atoms with Gasteiger partial charge < -0.3 is 5.11 Å². The first kappa shape index (κ1) is 7.67. The molecule has 0 saturated carbocycles. The van der Waals surface area contributed by atoms with Gasteiger partial charge in [-0.1, -0.05) is 6.07 Å². The Balaban J connectivity index is 2.81. The van der Waals surface area contributed by atoms with Gasteiger partial charge in [0, 0.05) is 17.6 Å². The quantitative estimate of drug-likeness (QED) is 0.675. The normalized spacial score (nSPS) is 10.2. The van der Waals surface area contributed by atoms with Gasteiger partial charge in [-0.25, -0.2) is 0 Å². The Morgan fingerprint density at radius 3 is 3.00 bits per heavy atom. The van der Waals surface area contributed by atoms with E-state index in [1.165, 1.54) is 12.1 Å². The summed E-state index contributed by atoms with van der Waals surface area (Å²) in [5, 5.41) is 12.8. The molecule has 0 bridgehead atoms. The fourth-order valence-corrected chi connectivity index (χ4v) is 1.17. The summed E-state index contributed by atoms with van der Waals surface area (Å²) in [6.45, 7) is 0. The zero-order valence-corrected chi connectivity index (χ0v) is 6.64. The minimum Gasteiger partial charge on any atom is -0.505 e. The van der Waals surface area contributed by atoms with E-state index < -0.39 is 0 Å². The molecular weight excluding hydrogens is 168 g/mol. The predicted molar refractivity (Wildman–Crippen MR) is 48.9 cm³/mol. The van der Waals surface area contributed by atoms with E-state index in [-0.39, 0.29) is 11.4 Å². The van der Waals surface area contributed by atoms with Crippen LogP contribution in [0, 0.1) is 4.91 Å². The summed E-state index contributed by atoms with van der Waals surface area (Å²) in [6, 6.07) is 6.49. The van der Waals surface area contributed by atoms with Crippen molar-refractivity contribution in [2.24, 2.45) is 5.18 Å². The number of nitroso groups, excluding NO2 is 1. The second-order valence-electron chi connectivity index (χ2n) is 2.63. The second-order valence-corrected chi connectivity index (χ2v) is 2.63. The maximum atomic E-state index is 10.2. The van der Waals surface area contributed by atoms with Gasteiger partial charge in [-0.05, 0) is 17.3 Å². The lowest BCUT2D eigenvalue weighted by Gasteiger charge is -1.98. The molecule has 13 heavy (non-hydrogen) atoms. The summed E-state index contributed by atoms with van der Waals surface area (Å²) in [6.07, 6.45) is 1.62. The Kier molecular flexibility index (Phi) is 1.66. The van der Waals surface area contributed by atoms with Crippen molar-refractivity contribution < 1.29 is 5.11 Å². The van der Waals surface area contributed by atoms with E-state index >= 15 is 0 Å². The average molecular weight is 174 g/mol. The number of aromatic hydroxyl groups is 1. The van der Waals surface area contributed by atoms with E-state index in [1.54, 1.807) is 18.3 Å². The van der Waals surface area contributed by atoms with Crippen LogP contribution in [0.5, 0.6) is 5.75 Å². The number of pyridine rings is 1. The van der Waals surface area contributed by atoms with Gasteiger partial charge in [-0.15, -0.1) is 4.91 Å². The Morgan fingerprint density at radius 2 is 2.23 bits per heavy atom. The Hall–Kier alpha value is -1.97. The smallest absolute Gasteiger partial charge is 0.150 e. The molecule has 1 aromatic carbocycles. The first-order valence-corrected chi connectivity index (χ1v) is 3.72. The van der Waals surface area contributed by atoms with Crippen molar-refractivity contribution in [2.45, 2.75) is 0 Å². The van der Waals surface area contributed by atoms with Crippen molar-refractivity contribution in [3.8, 4) is 5.75 Å². The SMILES string of the molecule is O=Nc1cc2cccnc2cc1O. The number of rotatable bonds is 1. The van der Waals surface area contributed by atoms with Crippen molar-refractivity contribution in [3.05, 3.63) is 35.4 Å². The van der Waals surface area contributed by atoms with Gasteiger partial charge in [-0.2, -0.15) is 0 Å². The molecule has 0 aliphatic rings. The third-order valence-corrected chi connectivity index (χ3v) is 1.80. The maximum Gasteiger partial charge on any atom is 0.150 e. The highest BCUT2D eigenvalue weighted by atomic mass is 16.3. The lowest BCUT2D eigenvalue weighted by molar-refractivity contribution is 0.477. The third kappa shape index (κ3) is 1.22. The summed E-state index contributed by atoms with van der Waals surface area (Å²) >= 11 is 0. The number of aromatic nitrogens is 1. The van der Waals surface area contributed by atoms with Crippen LogP contribution in [-0.4, -0.2) is 10.1 Å². The standard InChI is InChI=1S/C9H6N2O2/c12-9-5-7-6(2-1-3-10-7)4-8(9)11-13/h1-5,12H. The van der Waals surface area contributed by atoms with Gasteiger partial charge in [0.25, 0.3) is 0 Å². The zero-order chi connectivity index (χ0) is 9.26. The fraction of sp³-hybridized carbons (Fsp3) is 0. The number of fused-ring (bicyclic) bond motifs is 1. The predicted octanol–water partition coefficient (Wildman–Crippen LogP) is 2.34. The summed E-state index contributed by atoms with van der Waals surface area (Å²) in [7, 11) is 0. The number of phenolic OH excluding ortho intramolecular Hbond substituents is 1.